The lowest BCUT2D eigenvalue weighted by Crippen LogP contribution is -2.27. The van der Waals surface area contributed by atoms with Crippen molar-refractivity contribution in [2.45, 2.75) is 18.1 Å². The monoisotopic (exact) mass is 524 g/mol. The summed E-state index contributed by atoms with van der Waals surface area (Å²) in [6.07, 6.45) is -4.63. The van der Waals surface area contributed by atoms with Crippen LogP contribution in [0.3, 0.4) is 0 Å². The minimum atomic E-state index is -4.63. The van der Waals surface area contributed by atoms with Crippen molar-refractivity contribution < 1.29 is 22.8 Å². The Kier molecular flexibility index (Phi) is 7.12. The van der Waals surface area contributed by atoms with Crippen molar-refractivity contribution in [3.05, 3.63) is 99.0 Å². The van der Waals surface area contributed by atoms with Gasteiger partial charge in [-0.1, -0.05) is 47.5 Å². The molecule has 0 radical (unpaired) electrons. The van der Waals surface area contributed by atoms with Gasteiger partial charge in [-0.3, -0.25) is 9.59 Å². The summed E-state index contributed by atoms with van der Waals surface area (Å²) in [6.45, 7) is 0.425. The van der Waals surface area contributed by atoms with Gasteiger partial charge in [-0.2, -0.15) is 13.2 Å². The van der Waals surface area contributed by atoms with E-state index in [1.54, 1.807) is 41.3 Å². The number of anilines is 1. The van der Waals surface area contributed by atoms with E-state index in [4.69, 9.17) is 23.2 Å². The molecular formula is C24H17Cl2F3N2O2S. The van der Waals surface area contributed by atoms with Crippen molar-refractivity contribution in [3.8, 4) is 0 Å². The van der Waals surface area contributed by atoms with Crippen LogP contribution in [0.2, 0.25) is 10.0 Å². The van der Waals surface area contributed by atoms with Crippen LogP contribution in [0.4, 0.5) is 18.9 Å². The maximum atomic E-state index is 13.1. The number of nitrogens with one attached hydrogen (secondary N) is 1. The quantitative estimate of drug-likeness (QED) is 0.389. The van der Waals surface area contributed by atoms with E-state index in [1.165, 1.54) is 17.8 Å². The highest BCUT2D eigenvalue weighted by molar-refractivity contribution is 8.00. The van der Waals surface area contributed by atoms with Crippen LogP contribution >= 0.6 is 35.0 Å². The number of carbonyl (C=O) groups excluding carboxylic acids is 2. The molecule has 0 aliphatic carbocycles. The summed E-state index contributed by atoms with van der Waals surface area (Å²) in [5.74, 6) is -0.205. The van der Waals surface area contributed by atoms with E-state index in [-0.39, 0.29) is 22.5 Å². The van der Waals surface area contributed by atoms with Crippen molar-refractivity contribution in [2.24, 2.45) is 0 Å². The molecule has 3 aromatic rings. The Balaban J connectivity index is 1.47. The number of nitrogens with zero attached hydrogens (tertiary/aromatic N) is 1. The van der Waals surface area contributed by atoms with Crippen LogP contribution in [0.15, 0.2) is 66.7 Å². The molecule has 0 unspecified atom stereocenters. The molecule has 4 rings (SSSR count). The van der Waals surface area contributed by atoms with Crippen molar-refractivity contribution in [1.29, 1.82) is 0 Å². The highest BCUT2D eigenvalue weighted by atomic mass is 35.5. The molecule has 2 amide bonds. The van der Waals surface area contributed by atoms with Gasteiger partial charge in [-0.15, -0.1) is 11.8 Å². The molecule has 1 heterocycles. The molecule has 4 nitrogen and oxygen atoms in total. The first-order chi connectivity index (χ1) is 16.1. The minimum Gasteiger partial charge on any atom is -0.322 e. The van der Waals surface area contributed by atoms with E-state index in [1.807, 2.05) is 12.1 Å². The highest BCUT2D eigenvalue weighted by Crippen LogP contribution is 2.40. The van der Waals surface area contributed by atoms with Gasteiger partial charge in [-0.25, -0.2) is 0 Å². The number of carbonyl (C=O) groups is 2. The van der Waals surface area contributed by atoms with Crippen LogP contribution in [0.25, 0.3) is 0 Å². The Hall–Kier alpha value is -2.68. The van der Waals surface area contributed by atoms with Crippen LogP contribution in [-0.2, 0) is 17.5 Å². The molecule has 0 bridgehead atoms. The number of hydrogen-bond acceptors (Lipinski definition) is 3. The fraction of sp³-hybridized carbons (Fsp3) is 0.167. The summed E-state index contributed by atoms with van der Waals surface area (Å²) in [5, 5.41) is 2.42. The predicted octanol–water partition coefficient (Wildman–Crippen LogP) is 7.04. The molecule has 34 heavy (non-hydrogen) atoms. The van der Waals surface area contributed by atoms with Crippen molar-refractivity contribution >= 4 is 52.5 Å². The van der Waals surface area contributed by atoms with Crippen molar-refractivity contribution in [3.63, 3.8) is 0 Å². The zero-order chi connectivity index (χ0) is 24.5. The van der Waals surface area contributed by atoms with E-state index < -0.39 is 22.7 Å². The van der Waals surface area contributed by atoms with Gasteiger partial charge in [0.05, 0.1) is 16.3 Å². The number of thioether (sulfide) groups is 1. The predicted molar refractivity (Wildman–Crippen MR) is 128 cm³/mol. The Labute approximate surface area is 208 Å². The number of amides is 2. The van der Waals surface area contributed by atoms with Gasteiger partial charge < -0.3 is 10.2 Å². The number of benzene rings is 3. The fourth-order valence-electron chi connectivity index (χ4n) is 3.51. The molecule has 1 saturated heterocycles. The number of hydrogen-bond donors (Lipinski definition) is 1. The summed E-state index contributed by atoms with van der Waals surface area (Å²) in [5.41, 5.74) is 1.02. The van der Waals surface area contributed by atoms with Crippen LogP contribution in [-0.4, -0.2) is 22.5 Å². The topological polar surface area (TPSA) is 49.4 Å². The minimum absolute atomic E-state index is 0.00924. The Bertz CT molecular complexity index is 1220. The van der Waals surface area contributed by atoms with Crippen molar-refractivity contribution in [2.75, 3.05) is 11.1 Å². The summed E-state index contributed by atoms with van der Waals surface area (Å²) >= 11 is 13.0. The average Bonchev–Trinajstić information content (AvgIpc) is 3.16. The first kappa shape index (κ1) is 24.4. The first-order valence-electron chi connectivity index (χ1n) is 10.1. The fourth-order valence-corrected chi connectivity index (χ4v) is 5.05. The molecule has 1 aliphatic rings. The smallest absolute Gasteiger partial charge is 0.322 e. The molecule has 176 valence electrons. The molecule has 1 fully saturated rings. The third-order valence-electron chi connectivity index (χ3n) is 5.22. The van der Waals surface area contributed by atoms with Gasteiger partial charge in [-0.05, 0) is 53.6 Å². The van der Waals surface area contributed by atoms with Gasteiger partial charge in [0, 0.05) is 22.8 Å². The normalized spacial score (nSPS) is 16.1. The van der Waals surface area contributed by atoms with E-state index in [9.17, 15) is 22.8 Å². The SMILES string of the molecule is O=C(Nc1ccc(Cl)c(C(F)(F)F)c1)c1ccc([C@H]2SCC(=O)N2Cc2ccc(Cl)cc2)cc1. The summed E-state index contributed by atoms with van der Waals surface area (Å²) in [7, 11) is 0. The molecule has 1 N–H and O–H groups in total. The number of halogens is 5. The lowest BCUT2D eigenvalue weighted by atomic mass is 10.1. The molecule has 1 atom stereocenters. The first-order valence-corrected chi connectivity index (χ1v) is 11.9. The van der Waals surface area contributed by atoms with Gasteiger partial charge >= 0.3 is 6.18 Å². The zero-order valence-electron chi connectivity index (χ0n) is 17.4. The standard InChI is InChI=1S/C24H17Cl2F3N2O2S/c25-17-7-1-14(2-8-17)12-31-21(32)13-34-23(31)16-5-3-15(4-6-16)22(33)30-18-9-10-20(26)19(11-18)24(27,28)29/h1-11,23H,12-13H2,(H,30,33)/t23-/m1/s1. The number of rotatable bonds is 5. The van der Waals surface area contributed by atoms with E-state index in [2.05, 4.69) is 5.32 Å². The maximum Gasteiger partial charge on any atom is 0.417 e. The molecule has 3 aromatic carbocycles. The summed E-state index contributed by atoms with van der Waals surface area (Å²) in [6, 6.07) is 17.1. The van der Waals surface area contributed by atoms with Gasteiger partial charge in [0.1, 0.15) is 5.37 Å². The van der Waals surface area contributed by atoms with Crippen LogP contribution in [0.5, 0.6) is 0 Å². The Morgan fingerprint density at radius 2 is 1.71 bits per heavy atom. The Morgan fingerprint density at radius 1 is 1.03 bits per heavy atom. The maximum absolute atomic E-state index is 13.1. The lowest BCUT2D eigenvalue weighted by molar-refractivity contribution is -0.137. The lowest BCUT2D eigenvalue weighted by Gasteiger charge is -2.24. The highest BCUT2D eigenvalue weighted by Gasteiger charge is 2.34. The van der Waals surface area contributed by atoms with E-state index in [0.717, 1.165) is 23.3 Å². The van der Waals surface area contributed by atoms with E-state index in [0.29, 0.717) is 17.3 Å². The van der Waals surface area contributed by atoms with Gasteiger partial charge in [0.15, 0.2) is 0 Å². The second kappa shape index (κ2) is 9.90. The average molecular weight is 525 g/mol. The van der Waals surface area contributed by atoms with Crippen LogP contribution in [0.1, 0.15) is 32.4 Å². The Morgan fingerprint density at radius 3 is 2.35 bits per heavy atom. The molecule has 10 heteroatoms. The second-order valence-electron chi connectivity index (χ2n) is 7.58. The summed E-state index contributed by atoms with van der Waals surface area (Å²) < 4.78 is 39.2. The third-order valence-corrected chi connectivity index (χ3v) is 7.06. The van der Waals surface area contributed by atoms with E-state index >= 15 is 0 Å². The zero-order valence-corrected chi connectivity index (χ0v) is 19.7. The molecule has 0 spiro atoms. The molecular weight excluding hydrogens is 508 g/mol. The van der Waals surface area contributed by atoms with Gasteiger partial charge in [0.25, 0.3) is 5.91 Å². The van der Waals surface area contributed by atoms with Crippen molar-refractivity contribution in [1.82, 2.24) is 4.90 Å². The largest absolute Gasteiger partial charge is 0.417 e. The molecule has 0 saturated carbocycles. The number of alkyl halides is 3. The molecule has 1 aliphatic heterocycles. The van der Waals surface area contributed by atoms with Crippen LogP contribution < -0.4 is 5.32 Å². The summed E-state index contributed by atoms with van der Waals surface area (Å²) in [4.78, 5) is 26.8. The third kappa shape index (κ3) is 5.51. The van der Waals surface area contributed by atoms with Gasteiger partial charge in [0.2, 0.25) is 5.91 Å². The molecule has 0 aromatic heterocycles. The van der Waals surface area contributed by atoms with Crippen LogP contribution in [0, 0.1) is 0 Å². The second-order valence-corrected chi connectivity index (χ2v) is 9.49.